The smallest absolute Gasteiger partial charge is 0.258 e. The van der Waals surface area contributed by atoms with E-state index in [0.717, 1.165) is 14.9 Å². The lowest BCUT2D eigenvalue weighted by molar-refractivity contribution is 0.482. The van der Waals surface area contributed by atoms with E-state index in [4.69, 9.17) is 21.8 Å². The number of allylic oxidation sites excluding steroid dienone is 2. The molecular formula is C19H19ClN6O3S3. The van der Waals surface area contributed by atoms with Gasteiger partial charge in [0.05, 0.1) is 31.7 Å². The van der Waals surface area contributed by atoms with Crippen LogP contribution in [0.25, 0.3) is 22.4 Å². The van der Waals surface area contributed by atoms with Crippen LogP contribution in [0.5, 0.6) is 0 Å². The maximum absolute atomic E-state index is 12.5. The zero-order valence-electron chi connectivity index (χ0n) is 17.4. The molecule has 32 heavy (non-hydrogen) atoms. The van der Waals surface area contributed by atoms with E-state index in [1.165, 1.54) is 29.7 Å². The number of aliphatic imine (C=N–C) groups is 1. The largest absolute Gasteiger partial charge is 0.415 e. The molecule has 0 unspecified atom stereocenters. The lowest BCUT2D eigenvalue weighted by Crippen LogP contribution is -2.50. The first-order valence-electron chi connectivity index (χ1n) is 9.24. The van der Waals surface area contributed by atoms with Crippen LogP contribution < -0.4 is 5.73 Å². The molecule has 0 fully saturated rings. The highest BCUT2D eigenvalue weighted by molar-refractivity contribution is 7.89. The molecule has 0 bridgehead atoms. The summed E-state index contributed by atoms with van der Waals surface area (Å²) in [6.07, 6.45) is 3.44. The molecule has 13 heteroatoms. The van der Waals surface area contributed by atoms with Gasteiger partial charge in [0.2, 0.25) is 21.9 Å². The number of sulfonamides is 1. The number of hydrogen-bond acceptors (Lipinski definition) is 10. The fraction of sp³-hybridized carbons (Fsp3) is 0.263. The molecule has 4 rings (SSSR count). The molecule has 0 saturated heterocycles. The Balaban J connectivity index is 1.70. The van der Waals surface area contributed by atoms with Gasteiger partial charge in [-0.3, -0.25) is 0 Å². The zero-order chi connectivity index (χ0) is 23.3. The zero-order valence-corrected chi connectivity index (χ0v) is 20.6. The number of nitrogens with two attached hydrogens (primary N) is 1. The number of rotatable bonds is 5. The van der Waals surface area contributed by atoms with Gasteiger partial charge in [0, 0.05) is 17.5 Å². The second-order valence-electron chi connectivity index (χ2n) is 7.27. The highest BCUT2D eigenvalue weighted by Crippen LogP contribution is 2.44. The van der Waals surface area contributed by atoms with Crippen molar-refractivity contribution < 1.29 is 12.8 Å². The Morgan fingerprint density at radius 2 is 2.19 bits per heavy atom. The van der Waals surface area contributed by atoms with E-state index < -0.39 is 15.6 Å². The topological polar surface area (TPSA) is 128 Å². The van der Waals surface area contributed by atoms with Crippen LogP contribution >= 0.6 is 34.3 Å². The Morgan fingerprint density at radius 3 is 2.81 bits per heavy atom. The molecule has 4 heterocycles. The monoisotopic (exact) mass is 510 g/mol. The molecule has 1 atom stereocenters. The van der Waals surface area contributed by atoms with Crippen LogP contribution in [0.3, 0.4) is 0 Å². The molecule has 0 saturated carbocycles. The summed E-state index contributed by atoms with van der Waals surface area (Å²) in [6, 6.07) is 1.66. The summed E-state index contributed by atoms with van der Waals surface area (Å²) in [5.74, 6) is 0.173. The first-order valence-corrected chi connectivity index (χ1v) is 12.9. The van der Waals surface area contributed by atoms with Crippen molar-refractivity contribution in [2.75, 3.05) is 12.8 Å². The average Bonchev–Trinajstić information content (AvgIpc) is 3.44. The highest BCUT2D eigenvalue weighted by Gasteiger charge is 2.42. The number of halogens is 1. The van der Waals surface area contributed by atoms with Gasteiger partial charge in [-0.15, -0.1) is 32.9 Å². The summed E-state index contributed by atoms with van der Waals surface area (Å²) >= 11 is 9.24. The third-order valence-electron chi connectivity index (χ3n) is 4.92. The first-order chi connectivity index (χ1) is 15.0. The summed E-state index contributed by atoms with van der Waals surface area (Å²) < 4.78 is 31.8. The molecule has 1 aliphatic rings. The quantitative estimate of drug-likeness (QED) is 0.517. The van der Waals surface area contributed by atoms with Crippen molar-refractivity contribution >= 4 is 61.9 Å². The molecule has 3 aromatic rings. The van der Waals surface area contributed by atoms with E-state index in [2.05, 4.69) is 26.8 Å². The molecule has 1 aliphatic heterocycles. The van der Waals surface area contributed by atoms with Crippen molar-refractivity contribution in [1.82, 2.24) is 19.5 Å². The van der Waals surface area contributed by atoms with E-state index in [0.29, 0.717) is 20.4 Å². The van der Waals surface area contributed by atoms with Crippen molar-refractivity contribution in [3.63, 3.8) is 0 Å². The lowest BCUT2D eigenvalue weighted by atomic mass is 10.0. The van der Waals surface area contributed by atoms with E-state index in [-0.39, 0.29) is 23.5 Å². The fourth-order valence-corrected chi connectivity index (χ4v) is 6.80. The molecular weight excluding hydrogens is 492 g/mol. The minimum atomic E-state index is -3.63. The molecule has 2 N–H and O–H groups in total. The second-order valence-corrected chi connectivity index (χ2v) is 11.8. The van der Waals surface area contributed by atoms with Gasteiger partial charge in [-0.25, -0.2) is 22.7 Å². The van der Waals surface area contributed by atoms with Gasteiger partial charge < -0.3 is 10.2 Å². The number of aromatic nitrogens is 3. The maximum atomic E-state index is 12.5. The molecule has 0 spiro atoms. The van der Waals surface area contributed by atoms with Gasteiger partial charge >= 0.3 is 0 Å². The predicted molar refractivity (Wildman–Crippen MR) is 128 cm³/mol. The van der Waals surface area contributed by atoms with E-state index in [9.17, 15) is 8.42 Å². The second kappa shape index (κ2) is 8.10. The highest BCUT2D eigenvalue weighted by atomic mass is 35.5. The lowest BCUT2D eigenvalue weighted by Gasteiger charge is -2.33. The minimum Gasteiger partial charge on any atom is -0.415 e. The average molecular weight is 511 g/mol. The fourth-order valence-electron chi connectivity index (χ4n) is 3.15. The number of thiazole rings is 1. The maximum Gasteiger partial charge on any atom is 0.258 e. The van der Waals surface area contributed by atoms with Crippen LogP contribution in [0.1, 0.15) is 28.3 Å². The minimum absolute atomic E-state index is 0.0945. The summed E-state index contributed by atoms with van der Waals surface area (Å²) in [5.41, 5.74) is 7.91. The van der Waals surface area contributed by atoms with Crippen LogP contribution in [-0.2, 0) is 15.6 Å². The Hall–Kier alpha value is -2.54. The number of guanidine groups is 1. The van der Waals surface area contributed by atoms with Crippen molar-refractivity contribution in [2.24, 2.45) is 10.7 Å². The van der Waals surface area contributed by atoms with Gasteiger partial charge in [-0.2, -0.15) is 0 Å². The number of nitrogens with zero attached hydrogens (tertiary/aromatic N) is 5. The number of aryl methyl sites for hydroxylation is 1. The van der Waals surface area contributed by atoms with Crippen molar-refractivity contribution in [1.29, 1.82) is 0 Å². The summed E-state index contributed by atoms with van der Waals surface area (Å²) in [5, 5.41) is 8.60. The van der Waals surface area contributed by atoms with Crippen molar-refractivity contribution in [3.05, 3.63) is 50.6 Å². The predicted octanol–water partition coefficient (Wildman–Crippen LogP) is 3.75. The third kappa shape index (κ3) is 3.98. The molecule has 9 nitrogen and oxygen atoms in total. The molecule has 0 amide bonds. The van der Waals surface area contributed by atoms with Crippen LogP contribution in [0, 0.1) is 6.92 Å². The van der Waals surface area contributed by atoms with Gasteiger partial charge in [0.1, 0.15) is 5.54 Å². The van der Waals surface area contributed by atoms with Gasteiger partial charge in [-0.05, 0) is 26.0 Å². The Bertz CT molecular complexity index is 1370. The Kier molecular flexibility index (Phi) is 5.74. The van der Waals surface area contributed by atoms with Gasteiger partial charge in [-0.1, -0.05) is 24.3 Å². The Labute approximate surface area is 198 Å². The summed E-state index contributed by atoms with van der Waals surface area (Å²) in [4.78, 5) is 10.9. The molecule has 168 valence electrons. The third-order valence-corrected chi connectivity index (χ3v) is 9.43. The van der Waals surface area contributed by atoms with Crippen LogP contribution in [0.15, 0.2) is 33.6 Å². The normalized spacial score (nSPS) is 20.9. The molecule has 3 aromatic heterocycles. The van der Waals surface area contributed by atoms with Crippen LogP contribution in [0.4, 0.5) is 0 Å². The Morgan fingerprint density at radius 1 is 1.44 bits per heavy atom. The van der Waals surface area contributed by atoms with E-state index in [1.807, 2.05) is 13.0 Å². The van der Waals surface area contributed by atoms with E-state index >= 15 is 0 Å². The van der Waals surface area contributed by atoms with Crippen molar-refractivity contribution in [2.45, 2.75) is 19.4 Å². The first kappa shape index (κ1) is 22.6. The van der Waals surface area contributed by atoms with Crippen molar-refractivity contribution in [3.8, 4) is 10.8 Å². The van der Waals surface area contributed by atoms with E-state index in [1.54, 1.807) is 24.6 Å². The van der Waals surface area contributed by atoms with Crippen LogP contribution in [0.2, 0.25) is 5.02 Å². The molecule has 0 aliphatic carbocycles. The standard InChI is InChI=1S/C19H19ClN6O3S3/c1-5-11(6-13-10(2)30-9-22-13)16-24-25-17(29-16)14-7-12(20)15(31-14)19(3)8-32(27,28)26(4)18(21)23-19/h5-7,9H,1,8H2,2-4H3,(H2,21,23)/b11-6+/t19-/m0/s1. The summed E-state index contributed by atoms with van der Waals surface area (Å²) in [6.45, 7) is 7.47. The molecule has 0 radical (unpaired) electrons. The number of hydrogen-bond donors (Lipinski definition) is 1. The SMILES string of the molecule is C=C/C(=C\c1ncsc1C)c1nnc(-c2cc(Cl)c([C@]3(C)CS(=O)(=O)N(C)C(N)=N3)s2)o1. The van der Waals surface area contributed by atoms with Gasteiger partial charge in [0.15, 0.2) is 0 Å². The molecule has 0 aromatic carbocycles. The summed E-state index contributed by atoms with van der Waals surface area (Å²) in [7, 11) is -2.26. The van der Waals surface area contributed by atoms with Gasteiger partial charge in [0.25, 0.3) is 5.89 Å². The van der Waals surface area contributed by atoms with Crippen LogP contribution in [-0.4, -0.2) is 46.7 Å². The number of thiophene rings is 1.